The van der Waals surface area contributed by atoms with E-state index in [2.05, 4.69) is 10.4 Å². The van der Waals surface area contributed by atoms with Crippen LogP contribution in [0, 0.1) is 0 Å². The van der Waals surface area contributed by atoms with Gasteiger partial charge in [0.15, 0.2) is 9.84 Å². The number of rotatable bonds is 6. The number of benzene rings is 1. The molecule has 1 saturated heterocycles. The quantitative estimate of drug-likeness (QED) is 0.779. The van der Waals surface area contributed by atoms with Gasteiger partial charge in [0, 0.05) is 25.6 Å². The Kier molecular flexibility index (Phi) is 5.24. The van der Waals surface area contributed by atoms with Crippen molar-refractivity contribution in [1.29, 1.82) is 0 Å². The predicted octanol–water partition coefficient (Wildman–Crippen LogP) is 2.79. The summed E-state index contributed by atoms with van der Waals surface area (Å²) < 4.78 is 30.7. The molecule has 0 unspecified atom stereocenters. The third-order valence-electron chi connectivity index (χ3n) is 5.47. The minimum Gasteiger partial charge on any atom is -0.497 e. The van der Waals surface area contributed by atoms with Crippen LogP contribution in [0.2, 0.25) is 0 Å². The van der Waals surface area contributed by atoms with Gasteiger partial charge in [-0.3, -0.25) is 5.32 Å². The molecule has 1 aliphatic carbocycles. The number of aromatic nitrogens is 2. The number of nitrogens with zero attached hydrogens (tertiary/aromatic N) is 3. The van der Waals surface area contributed by atoms with Crippen molar-refractivity contribution in [2.75, 3.05) is 31.0 Å². The van der Waals surface area contributed by atoms with Crippen LogP contribution in [0.15, 0.2) is 30.3 Å². The van der Waals surface area contributed by atoms with Gasteiger partial charge in [0.1, 0.15) is 11.6 Å². The minimum atomic E-state index is -3.04. The molecule has 29 heavy (non-hydrogen) atoms. The summed E-state index contributed by atoms with van der Waals surface area (Å²) in [5, 5.41) is 7.57. The molecule has 2 fully saturated rings. The smallest absolute Gasteiger partial charge is 0.323 e. The monoisotopic (exact) mass is 418 g/mol. The summed E-state index contributed by atoms with van der Waals surface area (Å²) in [6.45, 7) is 0.442. The molecule has 1 atom stereocenters. The zero-order valence-corrected chi connectivity index (χ0v) is 17.5. The third-order valence-corrected chi connectivity index (χ3v) is 7.22. The van der Waals surface area contributed by atoms with E-state index in [1.807, 2.05) is 30.3 Å². The molecule has 2 heterocycles. The number of sulfone groups is 1. The maximum absolute atomic E-state index is 12.8. The molecule has 156 valence electrons. The van der Waals surface area contributed by atoms with E-state index in [1.165, 1.54) is 0 Å². The lowest BCUT2D eigenvalue weighted by Crippen LogP contribution is -2.32. The van der Waals surface area contributed by atoms with Crippen molar-refractivity contribution in [3.05, 3.63) is 41.6 Å². The van der Waals surface area contributed by atoms with Gasteiger partial charge in [-0.1, -0.05) is 12.1 Å². The molecular weight excluding hydrogens is 392 g/mol. The van der Waals surface area contributed by atoms with E-state index >= 15 is 0 Å². The zero-order valence-electron chi connectivity index (χ0n) is 16.7. The molecule has 1 aliphatic heterocycles. The lowest BCUT2D eigenvalue weighted by Gasteiger charge is -2.20. The summed E-state index contributed by atoms with van der Waals surface area (Å²) in [5.41, 5.74) is 1.92. The Labute approximate surface area is 170 Å². The lowest BCUT2D eigenvalue weighted by atomic mass is 10.2. The maximum Gasteiger partial charge on any atom is 0.323 e. The van der Waals surface area contributed by atoms with Gasteiger partial charge in [0.25, 0.3) is 0 Å². The summed E-state index contributed by atoms with van der Waals surface area (Å²) in [5.74, 6) is 2.00. The summed E-state index contributed by atoms with van der Waals surface area (Å²) in [4.78, 5) is 14.3. The van der Waals surface area contributed by atoms with Crippen LogP contribution in [-0.2, 0) is 16.4 Å². The molecule has 1 aromatic carbocycles. The standard InChI is InChI=1S/C20H26N4O4S/c1-23(12-14-3-7-17(28-2)8-4-14)20(25)21-19-11-18(15-5-6-15)22-24(19)16-9-10-29(26,27)13-16/h3-4,7-8,11,15-16H,5-6,9-10,12-13H2,1-2H3,(H,21,25)/t16-/m0/s1. The number of amides is 2. The van der Waals surface area contributed by atoms with E-state index < -0.39 is 9.84 Å². The summed E-state index contributed by atoms with van der Waals surface area (Å²) in [6, 6.07) is 8.96. The fourth-order valence-electron chi connectivity index (χ4n) is 3.61. The van der Waals surface area contributed by atoms with Crippen molar-refractivity contribution in [3.63, 3.8) is 0 Å². The molecule has 0 bridgehead atoms. The number of nitrogens with one attached hydrogen (secondary N) is 1. The largest absolute Gasteiger partial charge is 0.497 e. The van der Waals surface area contributed by atoms with Crippen LogP contribution in [-0.4, -0.2) is 54.8 Å². The van der Waals surface area contributed by atoms with Crippen LogP contribution < -0.4 is 10.1 Å². The van der Waals surface area contributed by atoms with Gasteiger partial charge < -0.3 is 9.64 Å². The SMILES string of the molecule is COc1ccc(CN(C)C(=O)Nc2cc(C3CC3)nn2[C@H]2CCS(=O)(=O)C2)cc1. The van der Waals surface area contributed by atoms with Crippen molar-refractivity contribution in [3.8, 4) is 5.75 Å². The topological polar surface area (TPSA) is 93.5 Å². The Morgan fingerprint density at radius 3 is 2.59 bits per heavy atom. The highest BCUT2D eigenvalue weighted by molar-refractivity contribution is 7.91. The van der Waals surface area contributed by atoms with Crippen molar-refractivity contribution < 1.29 is 17.9 Å². The summed E-state index contributed by atoms with van der Waals surface area (Å²) in [6.07, 6.45) is 2.70. The number of methoxy groups -OCH3 is 1. The second-order valence-corrected chi connectivity index (χ2v) is 10.1. The fraction of sp³-hybridized carbons (Fsp3) is 0.500. The van der Waals surface area contributed by atoms with E-state index in [-0.39, 0.29) is 23.6 Å². The van der Waals surface area contributed by atoms with Gasteiger partial charge in [-0.25, -0.2) is 17.9 Å². The highest BCUT2D eigenvalue weighted by atomic mass is 32.2. The van der Waals surface area contributed by atoms with E-state index in [9.17, 15) is 13.2 Å². The second kappa shape index (κ2) is 7.70. The van der Waals surface area contributed by atoms with Gasteiger partial charge in [-0.05, 0) is 37.0 Å². The molecule has 2 aromatic rings. The zero-order chi connectivity index (χ0) is 20.6. The number of carbonyl (C=O) groups is 1. The number of hydrogen-bond acceptors (Lipinski definition) is 5. The van der Waals surface area contributed by atoms with Crippen molar-refractivity contribution in [2.45, 2.75) is 37.8 Å². The van der Waals surface area contributed by atoms with Gasteiger partial charge in [-0.15, -0.1) is 0 Å². The van der Waals surface area contributed by atoms with E-state index in [1.54, 1.807) is 23.7 Å². The first-order valence-electron chi connectivity index (χ1n) is 9.79. The van der Waals surface area contributed by atoms with Crippen LogP contribution in [0.5, 0.6) is 5.75 Å². The van der Waals surface area contributed by atoms with Crippen LogP contribution >= 0.6 is 0 Å². The molecule has 1 aromatic heterocycles. The van der Waals surface area contributed by atoms with Crippen molar-refractivity contribution in [2.24, 2.45) is 0 Å². The highest BCUT2D eigenvalue weighted by Gasteiger charge is 2.34. The van der Waals surface area contributed by atoms with E-state index in [4.69, 9.17) is 4.74 Å². The Morgan fingerprint density at radius 1 is 1.28 bits per heavy atom. The number of carbonyl (C=O) groups excluding carboxylic acids is 1. The number of hydrogen-bond donors (Lipinski definition) is 1. The Balaban J connectivity index is 1.47. The Hall–Kier alpha value is -2.55. The van der Waals surface area contributed by atoms with Crippen LogP contribution in [0.3, 0.4) is 0 Å². The van der Waals surface area contributed by atoms with E-state index in [0.29, 0.717) is 24.7 Å². The number of anilines is 1. The molecule has 8 nitrogen and oxygen atoms in total. The molecule has 0 radical (unpaired) electrons. The van der Waals surface area contributed by atoms with Gasteiger partial charge in [0.05, 0.1) is 30.4 Å². The van der Waals surface area contributed by atoms with Gasteiger partial charge >= 0.3 is 6.03 Å². The predicted molar refractivity (Wildman–Crippen MR) is 110 cm³/mol. The lowest BCUT2D eigenvalue weighted by molar-refractivity contribution is 0.220. The first-order chi connectivity index (χ1) is 13.8. The fourth-order valence-corrected chi connectivity index (χ4v) is 5.31. The molecule has 4 rings (SSSR count). The first kappa shape index (κ1) is 19.8. The highest BCUT2D eigenvalue weighted by Crippen LogP contribution is 2.41. The summed E-state index contributed by atoms with van der Waals surface area (Å²) >= 11 is 0. The van der Waals surface area contributed by atoms with Crippen molar-refractivity contribution >= 4 is 21.7 Å². The Morgan fingerprint density at radius 2 is 2.00 bits per heavy atom. The number of ether oxygens (including phenoxy) is 1. The first-order valence-corrected chi connectivity index (χ1v) is 11.6. The Bertz CT molecular complexity index is 996. The van der Waals surface area contributed by atoms with Crippen LogP contribution in [0.4, 0.5) is 10.6 Å². The average molecular weight is 419 g/mol. The normalized spacial score (nSPS) is 20.4. The molecule has 9 heteroatoms. The second-order valence-electron chi connectivity index (χ2n) is 7.86. The van der Waals surface area contributed by atoms with Crippen LogP contribution in [0.25, 0.3) is 0 Å². The average Bonchev–Trinajstić information content (AvgIpc) is 3.37. The maximum atomic E-state index is 12.8. The third kappa shape index (κ3) is 4.55. The van der Waals surface area contributed by atoms with Crippen LogP contribution in [0.1, 0.15) is 42.5 Å². The summed E-state index contributed by atoms with van der Waals surface area (Å²) in [7, 11) is 0.297. The van der Waals surface area contributed by atoms with Crippen molar-refractivity contribution in [1.82, 2.24) is 14.7 Å². The molecular formula is C20H26N4O4S. The van der Waals surface area contributed by atoms with Gasteiger partial charge in [-0.2, -0.15) is 5.10 Å². The molecule has 2 aliphatic rings. The number of urea groups is 1. The van der Waals surface area contributed by atoms with E-state index in [0.717, 1.165) is 29.8 Å². The molecule has 0 spiro atoms. The molecule has 2 amide bonds. The van der Waals surface area contributed by atoms with Gasteiger partial charge in [0.2, 0.25) is 0 Å². The molecule has 1 saturated carbocycles. The minimum absolute atomic E-state index is 0.0728. The molecule has 1 N–H and O–H groups in total.